The van der Waals surface area contributed by atoms with Crippen LogP contribution >= 0.6 is 11.8 Å². The van der Waals surface area contributed by atoms with Gasteiger partial charge in [-0.2, -0.15) is 5.26 Å². The molecule has 2 N–H and O–H groups in total. The Morgan fingerprint density at radius 2 is 2.00 bits per heavy atom. The van der Waals surface area contributed by atoms with Crippen molar-refractivity contribution in [2.75, 3.05) is 12.0 Å². The Kier molecular flexibility index (Phi) is 5.95. The number of nitrogens with two attached hydrogens (primary N) is 1. The molecule has 1 fully saturated rings. The van der Waals surface area contributed by atoms with Crippen molar-refractivity contribution in [1.82, 2.24) is 0 Å². The van der Waals surface area contributed by atoms with Crippen molar-refractivity contribution in [3.05, 3.63) is 69.8 Å². The van der Waals surface area contributed by atoms with Crippen LogP contribution in [0.1, 0.15) is 16.7 Å². The number of carbonyl (C=O) groups excluding carboxylic acids is 2. The Morgan fingerprint density at radius 3 is 2.62 bits per heavy atom. The highest BCUT2D eigenvalue weighted by atomic mass is 32.2. The fourth-order valence-electron chi connectivity index (χ4n) is 3.13. The number of ether oxygens (including phenoxy) is 1. The van der Waals surface area contributed by atoms with Crippen LogP contribution in [0, 0.1) is 25.2 Å². The second-order valence-corrected chi connectivity index (χ2v) is 7.95. The van der Waals surface area contributed by atoms with Gasteiger partial charge in [-0.05, 0) is 49.1 Å². The molecular formula is C22H21N3O3S. The fourth-order valence-corrected chi connectivity index (χ4v) is 4.44. The van der Waals surface area contributed by atoms with Crippen LogP contribution in [-0.4, -0.2) is 24.2 Å². The second kappa shape index (κ2) is 8.41. The first-order chi connectivity index (χ1) is 13.8. The standard InChI is InChI=1S/C22H21N3O3S/c1-13-7-8-15(9-14(13)2)10-19-21(27)25(16-5-4-6-17(11-16)28-3)22(29-19)18(12-23)20(24)26/h4-9,11,19H,10H2,1-3H3,(H2,24,26)/b22-18+/t19-/m1/s1. The number of hydrogen-bond donors (Lipinski definition) is 1. The molecule has 0 aromatic heterocycles. The van der Waals surface area contributed by atoms with Crippen LogP contribution in [0.4, 0.5) is 5.69 Å². The van der Waals surface area contributed by atoms with Crippen molar-refractivity contribution < 1.29 is 14.3 Å². The van der Waals surface area contributed by atoms with Crippen LogP contribution in [-0.2, 0) is 16.0 Å². The summed E-state index contributed by atoms with van der Waals surface area (Å²) in [5.74, 6) is -0.497. The summed E-state index contributed by atoms with van der Waals surface area (Å²) in [6.07, 6.45) is 0.478. The quantitative estimate of drug-likeness (QED) is 0.606. The van der Waals surface area contributed by atoms with E-state index in [-0.39, 0.29) is 16.5 Å². The first-order valence-electron chi connectivity index (χ1n) is 9.00. The predicted octanol–water partition coefficient (Wildman–Crippen LogP) is 3.22. The molecule has 1 saturated heterocycles. The van der Waals surface area contributed by atoms with E-state index in [9.17, 15) is 14.9 Å². The minimum Gasteiger partial charge on any atom is -0.497 e. The molecule has 1 atom stereocenters. The molecule has 7 heteroatoms. The summed E-state index contributed by atoms with van der Waals surface area (Å²) in [6.45, 7) is 4.06. The fraction of sp³-hybridized carbons (Fsp3) is 0.227. The number of nitrogens with zero attached hydrogens (tertiary/aromatic N) is 2. The smallest absolute Gasteiger partial charge is 0.262 e. The van der Waals surface area contributed by atoms with E-state index in [1.807, 2.05) is 32.0 Å². The molecule has 0 spiro atoms. The summed E-state index contributed by atoms with van der Waals surface area (Å²) in [4.78, 5) is 26.5. The molecule has 1 aliphatic heterocycles. The Balaban J connectivity index is 2.04. The number of thioether (sulfide) groups is 1. The van der Waals surface area contributed by atoms with E-state index in [1.165, 1.54) is 29.3 Å². The summed E-state index contributed by atoms with van der Waals surface area (Å²) in [5.41, 5.74) is 9.04. The molecule has 2 amide bonds. The monoisotopic (exact) mass is 407 g/mol. The normalized spacial score (nSPS) is 17.8. The van der Waals surface area contributed by atoms with Gasteiger partial charge < -0.3 is 10.5 Å². The molecule has 3 rings (SSSR count). The lowest BCUT2D eigenvalue weighted by atomic mass is 10.0. The molecule has 1 heterocycles. The number of primary amides is 1. The third-order valence-electron chi connectivity index (χ3n) is 4.83. The summed E-state index contributed by atoms with van der Waals surface area (Å²) >= 11 is 1.19. The Morgan fingerprint density at radius 1 is 1.24 bits per heavy atom. The van der Waals surface area contributed by atoms with Crippen LogP contribution in [0.15, 0.2) is 53.1 Å². The van der Waals surface area contributed by atoms with E-state index in [0.717, 1.165) is 11.1 Å². The van der Waals surface area contributed by atoms with Gasteiger partial charge in [-0.15, -0.1) is 0 Å². The van der Waals surface area contributed by atoms with Crippen molar-refractivity contribution in [3.8, 4) is 11.8 Å². The SMILES string of the molecule is COc1cccc(N2C(=O)[C@@H](Cc3ccc(C)c(C)c3)S/C2=C(\C#N)C(N)=O)c1. The Hall–Kier alpha value is -3.24. The molecule has 6 nitrogen and oxygen atoms in total. The molecule has 0 radical (unpaired) electrons. The topological polar surface area (TPSA) is 96.4 Å². The highest BCUT2D eigenvalue weighted by molar-refractivity contribution is 8.05. The van der Waals surface area contributed by atoms with E-state index in [2.05, 4.69) is 6.07 Å². The number of nitriles is 1. The molecule has 0 aliphatic carbocycles. The molecule has 2 aromatic carbocycles. The molecule has 148 valence electrons. The largest absolute Gasteiger partial charge is 0.497 e. The number of hydrogen-bond acceptors (Lipinski definition) is 5. The number of methoxy groups -OCH3 is 1. The first kappa shape index (κ1) is 20.5. The highest BCUT2D eigenvalue weighted by Gasteiger charge is 2.40. The average Bonchev–Trinajstić information content (AvgIpc) is 3.01. The van der Waals surface area contributed by atoms with Gasteiger partial charge in [0.1, 0.15) is 22.4 Å². The van der Waals surface area contributed by atoms with E-state index in [4.69, 9.17) is 10.5 Å². The summed E-state index contributed by atoms with van der Waals surface area (Å²) < 4.78 is 5.25. The average molecular weight is 407 g/mol. The van der Waals surface area contributed by atoms with Crippen molar-refractivity contribution >= 4 is 29.3 Å². The molecule has 1 aliphatic rings. The van der Waals surface area contributed by atoms with Gasteiger partial charge >= 0.3 is 0 Å². The first-order valence-corrected chi connectivity index (χ1v) is 9.88. The van der Waals surface area contributed by atoms with Crippen molar-refractivity contribution in [1.29, 1.82) is 5.26 Å². The lowest BCUT2D eigenvalue weighted by Crippen LogP contribution is -2.31. The molecule has 2 aromatic rings. The number of amides is 2. The van der Waals surface area contributed by atoms with Crippen LogP contribution in [0.2, 0.25) is 0 Å². The number of rotatable bonds is 5. The van der Waals surface area contributed by atoms with Gasteiger partial charge in [0.05, 0.1) is 18.0 Å². The summed E-state index contributed by atoms with van der Waals surface area (Å²) in [5, 5.41) is 9.25. The predicted molar refractivity (Wildman–Crippen MR) is 113 cm³/mol. The molecule has 0 bridgehead atoms. The maximum absolute atomic E-state index is 13.3. The number of anilines is 1. The van der Waals surface area contributed by atoms with Gasteiger partial charge in [-0.3, -0.25) is 14.5 Å². The number of benzene rings is 2. The maximum Gasteiger partial charge on any atom is 0.262 e. The van der Waals surface area contributed by atoms with E-state index in [0.29, 0.717) is 17.9 Å². The van der Waals surface area contributed by atoms with Crippen LogP contribution in [0.25, 0.3) is 0 Å². The maximum atomic E-state index is 13.3. The highest BCUT2D eigenvalue weighted by Crippen LogP contribution is 2.42. The second-order valence-electron chi connectivity index (χ2n) is 6.76. The zero-order chi connectivity index (χ0) is 21.1. The van der Waals surface area contributed by atoms with E-state index in [1.54, 1.807) is 24.3 Å². The molecule has 29 heavy (non-hydrogen) atoms. The van der Waals surface area contributed by atoms with Crippen LogP contribution < -0.4 is 15.4 Å². The number of aryl methyl sites for hydroxylation is 2. The van der Waals surface area contributed by atoms with Crippen LogP contribution in [0.5, 0.6) is 5.75 Å². The van der Waals surface area contributed by atoms with E-state index < -0.39 is 11.2 Å². The van der Waals surface area contributed by atoms with Gasteiger partial charge in [0.25, 0.3) is 5.91 Å². The van der Waals surface area contributed by atoms with E-state index >= 15 is 0 Å². The zero-order valence-electron chi connectivity index (χ0n) is 16.4. The molecular weight excluding hydrogens is 386 g/mol. The van der Waals surface area contributed by atoms with Crippen molar-refractivity contribution in [2.45, 2.75) is 25.5 Å². The zero-order valence-corrected chi connectivity index (χ0v) is 17.2. The summed E-state index contributed by atoms with van der Waals surface area (Å²) in [7, 11) is 1.53. The van der Waals surface area contributed by atoms with Gasteiger partial charge in [-0.1, -0.05) is 36.0 Å². The van der Waals surface area contributed by atoms with Gasteiger partial charge in [0.15, 0.2) is 0 Å². The lowest BCUT2D eigenvalue weighted by Gasteiger charge is -2.19. The minimum atomic E-state index is -0.859. The Bertz CT molecular complexity index is 1060. The lowest BCUT2D eigenvalue weighted by molar-refractivity contribution is -0.117. The third kappa shape index (κ3) is 4.13. The molecule has 0 saturated carbocycles. The summed E-state index contributed by atoms with van der Waals surface area (Å²) in [6, 6.07) is 14.8. The third-order valence-corrected chi connectivity index (χ3v) is 6.09. The van der Waals surface area contributed by atoms with Crippen molar-refractivity contribution in [3.63, 3.8) is 0 Å². The van der Waals surface area contributed by atoms with Crippen molar-refractivity contribution in [2.24, 2.45) is 5.73 Å². The van der Waals surface area contributed by atoms with Crippen LogP contribution in [0.3, 0.4) is 0 Å². The number of carbonyl (C=O) groups is 2. The minimum absolute atomic E-state index is 0.203. The Labute approximate surface area is 173 Å². The molecule has 0 unspecified atom stereocenters. The van der Waals surface area contributed by atoms with Gasteiger partial charge in [-0.25, -0.2) is 0 Å². The van der Waals surface area contributed by atoms with Gasteiger partial charge in [0, 0.05) is 6.07 Å². The van der Waals surface area contributed by atoms with Gasteiger partial charge in [0.2, 0.25) is 5.91 Å².